The van der Waals surface area contributed by atoms with Crippen molar-refractivity contribution in [1.29, 1.82) is 0 Å². The summed E-state index contributed by atoms with van der Waals surface area (Å²) in [6, 6.07) is 20.0. The van der Waals surface area contributed by atoms with Crippen LogP contribution in [0.4, 0.5) is 0 Å². The lowest BCUT2D eigenvalue weighted by Crippen LogP contribution is -2.28. The summed E-state index contributed by atoms with van der Waals surface area (Å²) in [6.45, 7) is 17.4. The van der Waals surface area contributed by atoms with Crippen LogP contribution in [0.5, 0.6) is 5.75 Å². The molecule has 1 fully saturated rings. The van der Waals surface area contributed by atoms with Crippen molar-refractivity contribution in [2.75, 3.05) is 33.0 Å². The second-order valence-corrected chi connectivity index (χ2v) is 15.5. The summed E-state index contributed by atoms with van der Waals surface area (Å²) < 4.78 is 17.3. The summed E-state index contributed by atoms with van der Waals surface area (Å²) >= 11 is 0. The molecule has 4 rings (SSSR count). The summed E-state index contributed by atoms with van der Waals surface area (Å²) in [6.07, 6.45) is 7.94. The lowest BCUT2D eigenvalue weighted by Gasteiger charge is -2.26. The van der Waals surface area contributed by atoms with Crippen molar-refractivity contribution in [1.82, 2.24) is 0 Å². The van der Waals surface area contributed by atoms with Gasteiger partial charge >= 0.3 is 11.9 Å². The fourth-order valence-electron chi connectivity index (χ4n) is 6.88. The number of aliphatic hydroxyl groups is 2. The molecular weight excluding hydrogens is 664 g/mol. The van der Waals surface area contributed by atoms with Crippen molar-refractivity contribution < 1.29 is 34.0 Å². The fraction of sp³-hybridized carbons (Fsp3) is 0.478. The molecule has 0 atom stereocenters. The maximum Gasteiger partial charge on any atom is 0.333 e. The molecule has 0 heterocycles. The van der Waals surface area contributed by atoms with Crippen LogP contribution in [0.15, 0.2) is 78.9 Å². The molecule has 0 aromatic heterocycles. The van der Waals surface area contributed by atoms with Gasteiger partial charge in [-0.15, -0.1) is 0 Å². The molecule has 0 aliphatic heterocycles. The van der Waals surface area contributed by atoms with Gasteiger partial charge in [-0.2, -0.15) is 0 Å². The molecule has 7 nitrogen and oxygen atoms in total. The molecule has 0 bridgehead atoms. The minimum absolute atomic E-state index is 0.160. The van der Waals surface area contributed by atoms with Gasteiger partial charge in [-0.25, -0.2) is 9.59 Å². The van der Waals surface area contributed by atoms with Gasteiger partial charge < -0.3 is 24.4 Å². The number of rotatable bonds is 19. The molecule has 53 heavy (non-hydrogen) atoms. The summed E-state index contributed by atoms with van der Waals surface area (Å²) in [7, 11) is 0. The van der Waals surface area contributed by atoms with Crippen LogP contribution in [0.1, 0.15) is 101 Å². The molecule has 3 aromatic rings. The molecule has 0 spiro atoms. The first-order valence-corrected chi connectivity index (χ1v) is 19.2. The lowest BCUT2D eigenvalue weighted by atomic mass is 9.79. The fourth-order valence-corrected chi connectivity index (χ4v) is 6.88. The van der Waals surface area contributed by atoms with Crippen molar-refractivity contribution in [3.8, 4) is 28.0 Å². The highest BCUT2D eigenvalue weighted by Crippen LogP contribution is 2.38. The molecule has 0 unspecified atom stereocenters. The maximum atomic E-state index is 12.1. The monoisotopic (exact) mass is 724 g/mol. The average molecular weight is 725 g/mol. The number of ether oxygens (including phenoxy) is 3. The Balaban J connectivity index is 1.65. The van der Waals surface area contributed by atoms with E-state index in [-0.39, 0.29) is 26.4 Å². The minimum Gasteiger partial charge on any atom is -0.493 e. The largest absolute Gasteiger partial charge is 0.493 e. The van der Waals surface area contributed by atoms with E-state index in [0.29, 0.717) is 55.8 Å². The number of hydrogen-bond donors (Lipinski definition) is 2. The van der Waals surface area contributed by atoms with E-state index >= 15 is 0 Å². The van der Waals surface area contributed by atoms with Crippen LogP contribution < -0.4 is 4.74 Å². The van der Waals surface area contributed by atoms with Gasteiger partial charge in [0.15, 0.2) is 0 Å². The number of aliphatic hydroxyl groups excluding tert-OH is 2. The number of carbonyl (C=O) groups excluding carboxylic acids is 2. The predicted molar refractivity (Wildman–Crippen MR) is 213 cm³/mol. The van der Waals surface area contributed by atoms with E-state index in [4.69, 9.17) is 14.2 Å². The van der Waals surface area contributed by atoms with Gasteiger partial charge in [-0.3, -0.25) is 0 Å². The van der Waals surface area contributed by atoms with Crippen molar-refractivity contribution in [3.63, 3.8) is 0 Å². The lowest BCUT2D eigenvalue weighted by molar-refractivity contribution is -0.139. The summed E-state index contributed by atoms with van der Waals surface area (Å²) in [4.78, 5) is 24.2. The summed E-state index contributed by atoms with van der Waals surface area (Å²) in [5, 5.41) is 19.8. The van der Waals surface area contributed by atoms with Crippen LogP contribution in [0, 0.1) is 18.3 Å². The van der Waals surface area contributed by atoms with Crippen LogP contribution in [0.2, 0.25) is 0 Å². The van der Waals surface area contributed by atoms with Gasteiger partial charge in [0.1, 0.15) is 5.75 Å². The Hall–Kier alpha value is -4.20. The highest BCUT2D eigenvalue weighted by molar-refractivity contribution is 5.87. The SMILES string of the molecule is C=C(C)C(=O)OCCCc1cc(-c2ccc(-c3ccc(C4CCC(C)CC4)cc3)cc2C)cc(CCCOC(=O)C(=C)C)c1OCCC(C)(CO)CO. The number of aryl methyl sites for hydroxylation is 3. The molecule has 0 amide bonds. The van der Waals surface area contributed by atoms with Crippen molar-refractivity contribution >= 4 is 11.9 Å². The van der Waals surface area contributed by atoms with E-state index in [0.717, 1.165) is 39.5 Å². The van der Waals surface area contributed by atoms with E-state index in [2.05, 4.69) is 81.6 Å². The van der Waals surface area contributed by atoms with Gasteiger partial charge in [0.25, 0.3) is 0 Å². The average Bonchev–Trinajstić information content (AvgIpc) is 3.15. The maximum absolute atomic E-state index is 12.1. The number of hydrogen-bond acceptors (Lipinski definition) is 7. The predicted octanol–water partition coefficient (Wildman–Crippen LogP) is 9.49. The van der Waals surface area contributed by atoms with Crippen LogP contribution >= 0.6 is 0 Å². The molecule has 0 saturated heterocycles. The first-order valence-electron chi connectivity index (χ1n) is 19.2. The topological polar surface area (TPSA) is 102 Å². The molecule has 1 aliphatic carbocycles. The van der Waals surface area contributed by atoms with E-state index in [1.807, 2.05) is 6.92 Å². The smallest absolute Gasteiger partial charge is 0.333 e. The zero-order chi connectivity index (χ0) is 38.5. The molecule has 2 N–H and O–H groups in total. The van der Waals surface area contributed by atoms with E-state index < -0.39 is 17.4 Å². The van der Waals surface area contributed by atoms with Crippen LogP contribution in [-0.2, 0) is 31.9 Å². The normalized spacial score (nSPS) is 15.8. The van der Waals surface area contributed by atoms with Gasteiger partial charge in [-0.05, 0) is 134 Å². The molecule has 7 heteroatoms. The Morgan fingerprint density at radius 3 is 1.77 bits per heavy atom. The van der Waals surface area contributed by atoms with E-state index in [9.17, 15) is 19.8 Å². The summed E-state index contributed by atoms with van der Waals surface area (Å²) in [5.74, 6) is 1.39. The Labute approximate surface area is 317 Å². The molecule has 1 saturated carbocycles. The third kappa shape index (κ3) is 11.9. The number of esters is 2. The molecule has 1 aliphatic rings. The zero-order valence-corrected chi connectivity index (χ0v) is 32.6. The Morgan fingerprint density at radius 2 is 1.28 bits per heavy atom. The first-order chi connectivity index (χ1) is 25.3. The van der Waals surface area contributed by atoms with Crippen LogP contribution in [0.25, 0.3) is 22.3 Å². The van der Waals surface area contributed by atoms with Gasteiger partial charge in [0, 0.05) is 16.6 Å². The quantitative estimate of drug-likeness (QED) is 0.0722. The second-order valence-electron chi connectivity index (χ2n) is 15.5. The number of benzene rings is 3. The van der Waals surface area contributed by atoms with E-state index in [1.54, 1.807) is 13.8 Å². The Morgan fingerprint density at radius 1 is 0.755 bits per heavy atom. The van der Waals surface area contributed by atoms with Crippen molar-refractivity contribution in [3.05, 3.63) is 101 Å². The molecule has 0 radical (unpaired) electrons. The highest BCUT2D eigenvalue weighted by atomic mass is 16.5. The minimum atomic E-state index is -0.679. The zero-order valence-electron chi connectivity index (χ0n) is 32.6. The first kappa shape index (κ1) is 41.6. The standard InChI is InChI=1S/C46H60O7/c1-31(2)44(49)52-23-8-10-39-27-41(28-40(11-9-24-53-45(50)32(3)4)43(39)51-25-22-46(7,29-47)30-48)42-21-20-38(26-34(42)6)37-18-16-36(17-19-37)35-14-12-33(5)13-15-35/h16-21,26-28,33,35,47-48H,1,3,8-15,22-25,29-30H2,2,4-7H3. The Kier molecular flexibility index (Phi) is 15.5. The van der Waals surface area contributed by atoms with Crippen molar-refractivity contribution in [2.45, 2.75) is 98.3 Å². The molecule has 286 valence electrons. The van der Waals surface area contributed by atoms with E-state index in [1.165, 1.54) is 42.4 Å². The third-order valence-corrected chi connectivity index (χ3v) is 10.6. The molecule has 3 aromatic carbocycles. The van der Waals surface area contributed by atoms with Crippen LogP contribution in [-0.4, -0.2) is 55.2 Å². The highest BCUT2D eigenvalue weighted by Gasteiger charge is 2.24. The molecular formula is C46H60O7. The summed E-state index contributed by atoms with van der Waals surface area (Å²) in [5.41, 5.74) is 9.07. The van der Waals surface area contributed by atoms with Gasteiger partial charge in [-0.1, -0.05) is 82.3 Å². The van der Waals surface area contributed by atoms with Gasteiger partial charge in [0.2, 0.25) is 0 Å². The van der Waals surface area contributed by atoms with Crippen LogP contribution in [0.3, 0.4) is 0 Å². The van der Waals surface area contributed by atoms with Gasteiger partial charge in [0.05, 0.1) is 33.0 Å². The van der Waals surface area contributed by atoms with Crippen molar-refractivity contribution in [2.24, 2.45) is 11.3 Å². The number of carbonyl (C=O) groups is 2. The third-order valence-electron chi connectivity index (χ3n) is 10.6. The Bertz CT molecular complexity index is 1650. The second kappa shape index (κ2) is 19.8.